The zero-order valence-electron chi connectivity index (χ0n) is 22.9. The number of carbonyl (C=O) groups excluding carboxylic acids is 3. The van der Waals surface area contributed by atoms with Crippen molar-refractivity contribution in [1.29, 1.82) is 0 Å². The summed E-state index contributed by atoms with van der Waals surface area (Å²) in [6, 6.07) is 3.88. The molecule has 0 bridgehead atoms. The standard InChI is InChI=1S/C28H24O18/c29-12-1-9(2-13(30)20(12)36)24(39)44-19-8-28(27(42)43,46-26(41)11-5-16(33)22(38)17(34)6-11)7-18(35)23(19)45-25(40)10-3-14(31)21(37)15(32)4-10/h1-6,18-19,23,29-38H,7-8H2,(H,42,43)/t18-,19-,23+,28-/m1/s1. The topological polar surface area (TPSA) is 318 Å². The van der Waals surface area contributed by atoms with Crippen LogP contribution < -0.4 is 0 Å². The van der Waals surface area contributed by atoms with Crippen molar-refractivity contribution in [2.24, 2.45) is 0 Å². The molecule has 1 aliphatic carbocycles. The van der Waals surface area contributed by atoms with Crippen molar-refractivity contribution in [3.05, 3.63) is 53.1 Å². The van der Waals surface area contributed by atoms with Gasteiger partial charge in [-0.05, 0) is 36.4 Å². The summed E-state index contributed by atoms with van der Waals surface area (Å²) in [5, 5.41) is 108. The Morgan fingerprint density at radius 3 is 1.28 bits per heavy atom. The Balaban J connectivity index is 1.72. The van der Waals surface area contributed by atoms with E-state index in [0.29, 0.717) is 36.4 Å². The predicted octanol–water partition coefficient (Wildman–Crippen LogP) is 0.623. The first-order valence-corrected chi connectivity index (χ1v) is 12.8. The molecule has 244 valence electrons. The van der Waals surface area contributed by atoms with Crippen LogP contribution in [0.5, 0.6) is 51.7 Å². The maximum absolute atomic E-state index is 13.0. The Labute approximate surface area is 255 Å². The normalized spacial score (nSPS) is 20.8. The van der Waals surface area contributed by atoms with Gasteiger partial charge in [0.05, 0.1) is 22.8 Å². The number of hydrogen-bond acceptors (Lipinski definition) is 17. The number of aliphatic carboxylic acids is 1. The number of carboxylic acid groups (broad SMARTS) is 1. The molecule has 0 heterocycles. The average molecular weight is 648 g/mol. The minimum Gasteiger partial charge on any atom is -0.504 e. The largest absolute Gasteiger partial charge is 0.504 e. The zero-order valence-corrected chi connectivity index (χ0v) is 22.9. The Morgan fingerprint density at radius 2 is 0.913 bits per heavy atom. The molecule has 0 unspecified atom stereocenters. The van der Waals surface area contributed by atoms with Gasteiger partial charge in [0.2, 0.25) is 5.60 Å². The van der Waals surface area contributed by atoms with Crippen molar-refractivity contribution in [2.75, 3.05) is 0 Å². The molecule has 0 spiro atoms. The lowest BCUT2D eigenvalue weighted by Crippen LogP contribution is -2.60. The lowest BCUT2D eigenvalue weighted by molar-refractivity contribution is -0.188. The summed E-state index contributed by atoms with van der Waals surface area (Å²) in [5.41, 5.74) is -4.64. The van der Waals surface area contributed by atoms with E-state index in [1.807, 2.05) is 0 Å². The molecule has 4 atom stereocenters. The summed E-state index contributed by atoms with van der Waals surface area (Å²) in [7, 11) is 0. The molecule has 4 rings (SSSR count). The minimum absolute atomic E-state index is 0.591. The summed E-state index contributed by atoms with van der Waals surface area (Å²) in [6.07, 6.45) is -8.15. The predicted molar refractivity (Wildman–Crippen MR) is 144 cm³/mol. The number of ether oxygens (including phenoxy) is 3. The third-order valence-electron chi connectivity index (χ3n) is 6.91. The summed E-state index contributed by atoms with van der Waals surface area (Å²) >= 11 is 0. The smallest absolute Gasteiger partial charge is 0.348 e. The van der Waals surface area contributed by atoms with Crippen LogP contribution in [-0.4, -0.2) is 104 Å². The molecule has 1 saturated carbocycles. The third kappa shape index (κ3) is 6.17. The van der Waals surface area contributed by atoms with E-state index >= 15 is 0 Å². The van der Waals surface area contributed by atoms with Gasteiger partial charge in [0.15, 0.2) is 57.8 Å². The molecule has 0 aromatic heterocycles. The fraction of sp³-hybridized carbons (Fsp3) is 0.214. The first-order chi connectivity index (χ1) is 21.4. The van der Waals surface area contributed by atoms with Crippen molar-refractivity contribution >= 4 is 23.9 Å². The number of hydrogen-bond donors (Lipinski definition) is 11. The Morgan fingerprint density at radius 1 is 0.565 bits per heavy atom. The first kappa shape index (κ1) is 32.6. The average Bonchev–Trinajstić information content (AvgIpc) is 2.98. The Bertz CT molecular complexity index is 1680. The number of phenols is 9. The van der Waals surface area contributed by atoms with Gasteiger partial charge < -0.3 is 70.4 Å². The lowest BCUT2D eigenvalue weighted by Gasteiger charge is -2.42. The van der Waals surface area contributed by atoms with E-state index in [1.165, 1.54) is 0 Å². The molecule has 3 aromatic carbocycles. The lowest BCUT2D eigenvalue weighted by atomic mass is 9.79. The number of phenolic OH excluding ortho intramolecular Hbond substituents is 9. The molecule has 1 fully saturated rings. The maximum atomic E-state index is 13.0. The fourth-order valence-electron chi connectivity index (χ4n) is 4.59. The highest BCUT2D eigenvalue weighted by Crippen LogP contribution is 2.41. The second-order valence-electron chi connectivity index (χ2n) is 10.1. The highest BCUT2D eigenvalue weighted by Gasteiger charge is 2.56. The molecule has 1 aliphatic rings. The van der Waals surface area contributed by atoms with Gasteiger partial charge in [-0.25, -0.2) is 19.2 Å². The van der Waals surface area contributed by atoms with Gasteiger partial charge in [-0.2, -0.15) is 0 Å². The van der Waals surface area contributed by atoms with Crippen molar-refractivity contribution in [3.63, 3.8) is 0 Å². The second kappa shape index (κ2) is 12.0. The molecule has 0 amide bonds. The fourth-order valence-corrected chi connectivity index (χ4v) is 4.59. The molecule has 18 nitrogen and oxygen atoms in total. The molecular formula is C28H24O18. The van der Waals surface area contributed by atoms with Crippen LogP contribution in [0.2, 0.25) is 0 Å². The van der Waals surface area contributed by atoms with Crippen molar-refractivity contribution in [2.45, 2.75) is 36.8 Å². The van der Waals surface area contributed by atoms with Gasteiger partial charge in [-0.15, -0.1) is 0 Å². The SMILES string of the molecule is O=C(O[C@H]1[C@H](O)C[C@](OC(=O)c2cc(O)c(O)c(O)c2)(C(=O)O)C[C@H]1OC(=O)c1cc(O)c(O)c(O)c1)c1cc(O)c(O)c(O)c1. The number of aromatic hydroxyl groups is 9. The van der Waals surface area contributed by atoms with Crippen molar-refractivity contribution in [3.8, 4) is 51.7 Å². The highest BCUT2D eigenvalue weighted by molar-refractivity contribution is 5.94. The van der Waals surface area contributed by atoms with Crippen LogP contribution in [0.25, 0.3) is 0 Å². The quantitative estimate of drug-likeness (QED) is 0.0950. The van der Waals surface area contributed by atoms with E-state index in [4.69, 9.17) is 14.2 Å². The molecule has 0 radical (unpaired) electrons. The van der Waals surface area contributed by atoms with Crippen molar-refractivity contribution in [1.82, 2.24) is 0 Å². The highest BCUT2D eigenvalue weighted by atomic mass is 16.6. The van der Waals surface area contributed by atoms with Crippen LogP contribution in [0.3, 0.4) is 0 Å². The summed E-state index contributed by atoms with van der Waals surface area (Å²) in [5.74, 6) is -15.1. The molecular weight excluding hydrogens is 624 g/mol. The zero-order chi connectivity index (χ0) is 34.2. The van der Waals surface area contributed by atoms with Gasteiger partial charge in [-0.1, -0.05) is 0 Å². The van der Waals surface area contributed by atoms with Gasteiger partial charge in [0, 0.05) is 12.8 Å². The number of benzene rings is 3. The number of esters is 3. The Hall–Kier alpha value is -6.30. The number of carboxylic acids is 1. The molecule has 11 N–H and O–H groups in total. The molecule has 46 heavy (non-hydrogen) atoms. The molecule has 0 saturated heterocycles. The van der Waals surface area contributed by atoms with Crippen LogP contribution in [0, 0.1) is 0 Å². The van der Waals surface area contributed by atoms with Gasteiger partial charge in [0.1, 0.15) is 6.10 Å². The number of aliphatic hydroxyl groups excluding tert-OH is 1. The van der Waals surface area contributed by atoms with Crippen LogP contribution in [0.1, 0.15) is 43.9 Å². The Kier molecular flexibility index (Phi) is 8.51. The van der Waals surface area contributed by atoms with E-state index in [2.05, 4.69) is 0 Å². The van der Waals surface area contributed by atoms with Crippen LogP contribution >= 0.6 is 0 Å². The molecule has 0 aliphatic heterocycles. The number of carbonyl (C=O) groups is 4. The summed E-state index contributed by atoms with van der Waals surface area (Å²) < 4.78 is 15.7. The molecule has 3 aromatic rings. The third-order valence-corrected chi connectivity index (χ3v) is 6.91. The monoisotopic (exact) mass is 648 g/mol. The number of rotatable bonds is 7. The van der Waals surface area contributed by atoms with E-state index in [9.17, 15) is 75.3 Å². The van der Waals surface area contributed by atoms with E-state index in [0.717, 1.165) is 0 Å². The van der Waals surface area contributed by atoms with E-state index in [1.54, 1.807) is 0 Å². The van der Waals surface area contributed by atoms with Gasteiger partial charge in [-0.3, -0.25) is 0 Å². The minimum atomic E-state index is -2.76. The summed E-state index contributed by atoms with van der Waals surface area (Å²) in [6.45, 7) is 0. The maximum Gasteiger partial charge on any atom is 0.348 e. The van der Waals surface area contributed by atoms with Gasteiger partial charge in [0.25, 0.3) is 0 Å². The van der Waals surface area contributed by atoms with E-state index in [-0.39, 0.29) is 0 Å². The second-order valence-corrected chi connectivity index (χ2v) is 10.1. The number of aliphatic hydroxyl groups is 1. The van der Waals surface area contributed by atoms with Crippen LogP contribution in [0.4, 0.5) is 0 Å². The van der Waals surface area contributed by atoms with Gasteiger partial charge >= 0.3 is 23.9 Å². The molecule has 18 heteroatoms. The van der Waals surface area contributed by atoms with Crippen LogP contribution in [-0.2, 0) is 19.0 Å². The van der Waals surface area contributed by atoms with Crippen LogP contribution in [0.15, 0.2) is 36.4 Å². The summed E-state index contributed by atoms with van der Waals surface area (Å²) in [4.78, 5) is 51.4. The first-order valence-electron chi connectivity index (χ1n) is 12.8. The van der Waals surface area contributed by atoms with Crippen molar-refractivity contribution < 1.29 is 89.6 Å². The van der Waals surface area contributed by atoms with E-state index < -0.39 is 129 Å².